The van der Waals surface area contributed by atoms with Crippen LogP contribution in [0.5, 0.6) is 5.75 Å². The molecule has 3 nitrogen and oxygen atoms in total. The molecular formula is C24H20O3. The molecule has 0 fully saturated rings. The van der Waals surface area contributed by atoms with E-state index in [4.69, 9.17) is 4.74 Å². The maximum Gasteiger partial charge on any atom is 0.332 e. The molecule has 1 aliphatic carbocycles. The van der Waals surface area contributed by atoms with Crippen LogP contribution in [0.2, 0.25) is 0 Å². The molecule has 4 rings (SSSR count). The van der Waals surface area contributed by atoms with Crippen molar-refractivity contribution in [1.82, 2.24) is 0 Å². The van der Waals surface area contributed by atoms with Crippen molar-refractivity contribution < 1.29 is 14.6 Å². The second-order valence-electron chi connectivity index (χ2n) is 6.54. The minimum atomic E-state index is -0.862. The molecule has 1 aliphatic rings. The Balaban J connectivity index is 1.76. The van der Waals surface area contributed by atoms with Crippen LogP contribution >= 0.6 is 0 Å². The van der Waals surface area contributed by atoms with E-state index in [9.17, 15) is 9.90 Å². The summed E-state index contributed by atoms with van der Waals surface area (Å²) in [5.74, 6) is -0.0819. The molecule has 0 bridgehead atoms. The van der Waals surface area contributed by atoms with Crippen LogP contribution in [0.25, 0.3) is 16.7 Å². The highest BCUT2D eigenvalue weighted by molar-refractivity contribution is 6.09. The van der Waals surface area contributed by atoms with Crippen molar-refractivity contribution in [2.24, 2.45) is 0 Å². The first-order valence-electron chi connectivity index (χ1n) is 9.06. The van der Waals surface area contributed by atoms with Crippen LogP contribution < -0.4 is 4.74 Å². The average molecular weight is 356 g/mol. The standard InChI is InChI=1S/C24H20O3/c1-2-18(24(25)26)23-20-11-7-6-10-19(20)22-14-17(12-13-21(22)23)27-15-16-8-4-3-5-9-16/h3-14H,2,15H2,1H3,(H,25,26)/b23-18-. The number of hydrogen-bond acceptors (Lipinski definition) is 2. The van der Waals surface area contributed by atoms with Crippen LogP contribution in [0.1, 0.15) is 30.0 Å². The fourth-order valence-electron chi connectivity index (χ4n) is 3.64. The summed E-state index contributed by atoms with van der Waals surface area (Å²) in [4.78, 5) is 11.8. The lowest BCUT2D eigenvalue weighted by Crippen LogP contribution is -2.03. The fraction of sp³-hybridized carbons (Fsp3) is 0.125. The normalized spacial score (nSPS) is 13.7. The van der Waals surface area contributed by atoms with Crippen molar-refractivity contribution in [3.05, 3.63) is 95.1 Å². The van der Waals surface area contributed by atoms with Gasteiger partial charge in [-0.2, -0.15) is 0 Å². The van der Waals surface area contributed by atoms with Gasteiger partial charge in [-0.15, -0.1) is 0 Å². The SMILES string of the molecule is CC/C(C(=O)O)=C1\c2ccccc2-c2cc(OCc3ccccc3)ccc21. The number of ether oxygens (including phenoxy) is 1. The zero-order valence-electron chi connectivity index (χ0n) is 15.1. The van der Waals surface area contributed by atoms with Gasteiger partial charge in [-0.05, 0) is 46.4 Å². The second-order valence-corrected chi connectivity index (χ2v) is 6.54. The largest absolute Gasteiger partial charge is 0.489 e. The van der Waals surface area contributed by atoms with E-state index in [-0.39, 0.29) is 0 Å². The predicted octanol–water partition coefficient (Wildman–Crippen LogP) is 5.54. The number of aliphatic carboxylic acids is 1. The van der Waals surface area contributed by atoms with Gasteiger partial charge in [0.1, 0.15) is 12.4 Å². The van der Waals surface area contributed by atoms with Crippen LogP contribution in [-0.2, 0) is 11.4 Å². The van der Waals surface area contributed by atoms with Gasteiger partial charge in [0.05, 0.1) is 0 Å². The van der Waals surface area contributed by atoms with Gasteiger partial charge >= 0.3 is 5.97 Å². The van der Waals surface area contributed by atoms with E-state index < -0.39 is 5.97 Å². The molecule has 0 heterocycles. The maximum atomic E-state index is 11.8. The molecule has 3 aromatic rings. The number of carbonyl (C=O) groups is 1. The number of benzene rings is 3. The number of rotatable bonds is 5. The Morgan fingerprint density at radius 2 is 1.52 bits per heavy atom. The Bertz CT molecular complexity index is 1030. The van der Waals surface area contributed by atoms with Crippen molar-refractivity contribution in [3.8, 4) is 16.9 Å². The number of carboxylic acids is 1. The van der Waals surface area contributed by atoms with E-state index in [1.54, 1.807) is 0 Å². The third-order valence-corrected chi connectivity index (χ3v) is 4.91. The summed E-state index contributed by atoms with van der Waals surface area (Å²) < 4.78 is 5.97. The van der Waals surface area contributed by atoms with Crippen molar-refractivity contribution in [1.29, 1.82) is 0 Å². The van der Waals surface area contributed by atoms with Crippen molar-refractivity contribution >= 4 is 11.5 Å². The molecule has 0 aliphatic heterocycles. The van der Waals surface area contributed by atoms with Gasteiger partial charge in [-0.25, -0.2) is 4.79 Å². The lowest BCUT2D eigenvalue weighted by Gasteiger charge is -2.10. The summed E-state index contributed by atoms with van der Waals surface area (Å²) in [5, 5.41) is 9.67. The average Bonchev–Trinajstić information content (AvgIpc) is 3.02. The molecule has 0 saturated carbocycles. The Morgan fingerprint density at radius 1 is 0.852 bits per heavy atom. The first kappa shape index (κ1) is 17.1. The third-order valence-electron chi connectivity index (χ3n) is 4.91. The highest BCUT2D eigenvalue weighted by atomic mass is 16.5. The van der Waals surface area contributed by atoms with Crippen LogP contribution in [0.4, 0.5) is 0 Å². The molecule has 134 valence electrons. The lowest BCUT2D eigenvalue weighted by atomic mass is 9.96. The fourth-order valence-corrected chi connectivity index (χ4v) is 3.64. The molecule has 3 heteroatoms. The van der Waals surface area contributed by atoms with Crippen molar-refractivity contribution in [2.75, 3.05) is 0 Å². The summed E-state index contributed by atoms with van der Waals surface area (Å²) >= 11 is 0. The molecule has 27 heavy (non-hydrogen) atoms. The van der Waals surface area contributed by atoms with Crippen LogP contribution in [0.3, 0.4) is 0 Å². The molecule has 0 spiro atoms. The van der Waals surface area contributed by atoms with E-state index in [2.05, 4.69) is 0 Å². The van der Waals surface area contributed by atoms with Crippen molar-refractivity contribution in [3.63, 3.8) is 0 Å². The highest BCUT2D eigenvalue weighted by Gasteiger charge is 2.27. The summed E-state index contributed by atoms with van der Waals surface area (Å²) in [7, 11) is 0. The summed E-state index contributed by atoms with van der Waals surface area (Å²) in [6.07, 6.45) is 0.477. The molecule has 0 aromatic heterocycles. The molecule has 3 aromatic carbocycles. The second kappa shape index (κ2) is 7.12. The van der Waals surface area contributed by atoms with Crippen molar-refractivity contribution in [2.45, 2.75) is 20.0 Å². The van der Waals surface area contributed by atoms with Crippen LogP contribution in [0.15, 0.2) is 78.4 Å². The molecule has 0 unspecified atom stereocenters. The molecule has 0 radical (unpaired) electrons. The Morgan fingerprint density at radius 3 is 2.22 bits per heavy atom. The Hall–Kier alpha value is -3.33. The van der Waals surface area contributed by atoms with E-state index in [0.717, 1.165) is 39.1 Å². The molecule has 0 amide bonds. The monoisotopic (exact) mass is 356 g/mol. The maximum absolute atomic E-state index is 11.8. The van der Waals surface area contributed by atoms with Gasteiger partial charge in [-0.1, -0.05) is 67.6 Å². The van der Waals surface area contributed by atoms with Gasteiger partial charge < -0.3 is 9.84 Å². The molecule has 0 saturated heterocycles. The summed E-state index contributed by atoms with van der Waals surface area (Å²) in [6.45, 7) is 2.38. The van der Waals surface area contributed by atoms with E-state index >= 15 is 0 Å². The zero-order valence-corrected chi connectivity index (χ0v) is 15.1. The Kier molecular flexibility index (Phi) is 4.51. The first-order chi connectivity index (χ1) is 13.2. The zero-order chi connectivity index (χ0) is 18.8. The highest BCUT2D eigenvalue weighted by Crippen LogP contribution is 2.47. The minimum absolute atomic E-state index is 0.444. The van der Waals surface area contributed by atoms with Gasteiger partial charge in [-0.3, -0.25) is 0 Å². The predicted molar refractivity (Wildman–Crippen MR) is 107 cm³/mol. The molecule has 0 atom stereocenters. The topological polar surface area (TPSA) is 46.5 Å². The third kappa shape index (κ3) is 3.13. The van der Waals surface area contributed by atoms with Crippen LogP contribution in [0, 0.1) is 0 Å². The van der Waals surface area contributed by atoms with Crippen LogP contribution in [-0.4, -0.2) is 11.1 Å². The number of hydrogen-bond donors (Lipinski definition) is 1. The quantitative estimate of drug-likeness (QED) is 0.477. The summed E-state index contributed by atoms with van der Waals surface area (Å²) in [5.41, 5.74) is 6.40. The lowest BCUT2D eigenvalue weighted by molar-refractivity contribution is -0.132. The molecular weight excluding hydrogens is 336 g/mol. The number of carboxylic acid groups (broad SMARTS) is 1. The molecule has 1 N–H and O–H groups in total. The number of fused-ring (bicyclic) bond motifs is 3. The van der Waals surface area contributed by atoms with E-state index in [1.807, 2.05) is 79.7 Å². The van der Waals surface area contributed by atoms with E-state index in [1.165, 1.54) is 0 Å². The van der Waals surface area contributed by atoms with Gasteiger partial charge in [0.2, 0.25) is 0 Å². The van der Waals surface area contributed by atoms with E-state index in [0.29, 0.717) is 18.6 Å². The minimum Gasteiger partial charge on any atom is -0.489 e. The van der Waals surface area contributed by atoms with Gasteiger partial charge in [0, 0.05) is 11.1 Å². The van der Waals surface area contributed by atoms with Gasteiger partial charge in [0.25, 0.3) is 0 Å². The van der Waals surface area contributed by atoms with Gasteiger partial charge in [0.15, 0.2) is 0 Å². The smallest absolute Gasteiger partial charge is 0.332 e. The summed E-state index contributed by atoms with van der Waals surface area (Å²) in [6, 6.07) is 23.9. The first-order valence-corrected chi connectivity index (χ1v) is 9.06. The Labute approximate surface area is 158 Å².